The van der Waals surface area contributed by atoms with Crippen molar-refractivity contribution < 1.29 is 47.6 Å². The van der Waals surface area contributed by atoms with Gasteiger partial charge in [0.1, 0.15) is 30.2 Å². The molecule has 1 aromatic carbocycles. The number of phosphoric acid groups is 1. The minimum absolute atomic E-state index is 0.00815. The number of unbranched alkanes of at least 4 members (excludes halogenated alkanes) is 1. The number of carbonyl (C=O) groups excluding carboxylic acids is 6. The molecule has 2 aliphatic rings. The van der Waals surface area contributed by atoms with E-state index >= 15 is 0 Å². The average molecular weight is 737 g/mol. The van der Waals surface area contributed by atoms with Gasteiger partial charge in [0.15, 0.2) is 0 Å². The zero-order valence-electron chi connectivity index (χ0n) is 30.0. The molecule has 0 aliphatic carbocycles. The average Bonchev–Trinajstić information content (AvgIpc) is 3.56. The topological polar surface area (TPSA) is 233 Å². The number of fused-ring (bicyclic) bond motifs is 1. The molecule has 0 aromatic heterocycles. The van der Waals surface area contributed by atoms with E-state index in [-0.39, 0.29) is 31.9 Å². The number of phosphoric ester groups is 1. The molecule has 7 N–H and O–H groups in total. The Morgan fingerprint density at radius 1 is 0.843 bits per heavy atom. The van der Waals surface area contributed by atoms with Gasteiger partial charge in [-0.1, -0.05) is 71.7 Å². The van der Waals surface area contributed by atoms with Gasteiger partial charge in [-0.3, -0.25) is 33.3 Å². The van der Waals surface area contributed by atoms with Crippen molar-refractivity contribution >= 4 is 43.3 Å². The molecule has 0 spiro atoms. The minimum atomic E-state index is -4.68. The maximum Gasteiger partial charge on any atom is 0.469 e. The quantitative estimate of drug-likeness (QED) is 0.158. The zero-order valence-corrected chi connectivity index (χ0v) is 30.9. The molecule has 2 fully saturated rings. The summed E-state index contributed by atoms with van der Waals surface area (Å²) in [5.74, 6) is -3.85. The lowest BCUT2D eigenvalue weighted by Gasteiger charge is -2.32. The van der Waals surface area contributed by atoms with E-state index in [4.69, 9.17) is 9.79 Å². The van der Waals surface area contributed by atoms with Crippen molar-refractivity contribution in [3.63, 3.8) is 0 Å². The van der Waals surface area contributed by atoms with Crippen molar-refractivity contribution in [1.29, 1.82) is 0 Å². The Labute approximate surface area is 298 Å². The molecule has 5 atom stereocenters. The third-order valence-corrected chi connectivity index (χ3v) is 9.29. The molecule has 17 heteroatoms. The fraction of sp³-hybridized carbons (Fsp3) is 0.647. The fourth-order valence-electron chi connectivity index (χ4n) is 6.08. The Kier molecular flexibility index (Phi) is 15.6. The summed E-state index contributed by atoms with van der Waals surface area (Å²) in [6, 6.07) is 1.25. The molecular weight excluding hydrogens is 683 g/mol. The van der Waals surface area contributed by atoms with E-state index in [0.717, 1.165) is 6.42 Å². The number of rotatable bonds is 11. The van der Waals surface area contributed by atoms with E-state index in [9.17, 15) is 33.3 Å². The second-order valence-corrected chi connectivity index (χ2v) is 15.2. The molecule has 6 amide bonds. The lowest BCUT2D eigenvalue weighted by atomic mass is 9.99. The number of amides is 6. The van der Waals surface area contributed by atoms with Gasteiger partial charge in [0.25, 0.3) is 0 Å². The molecule has 3 rings (SSSR count). The van der Waals surface area contributed by atoms with Crippen molar-refractivity contribution in [2.24, 2.45) is 11.8 Å². The number of hydrogen-bond acceptors (Lipinski definition) is 8. The maximum absolute atomic E-state index is 14.0. The molecule has 0 bridgehead atoms. The van der Waals surface area contributed by atoms with E-state index in [1.807, 2.05) is 20.8 Å². The highest BCUT2D eigenvalue weighted by Crippen LogP contribution is 2.36. The van der Waals surface area contributed by atoms with E-state index < -0.39 is 85.9 Å². The Morgan fingerprint density at radius 2 is 1.47 bits per heavy atom. The van der Waals surface area contributed by atoms with Crippen LogP contribution in [-0.2, 0) is 50.9 Å². The molecule has 2 saturated heterocycles. The second kappa shape index (κ2) is 19.1. The van der Waals surface area contributed by atoms with Crippen LogP contribution in [0.15, 0.2) is 24.3 Å². The summed E-state index contributed by atoms with van der Waals surface area (Å²) in [5.41, 5.74) is 1.03. The highest BCUT2D eigenvalue weighted by atomic mass is 31.2. The van der Waals surface area contributed by atoms with Crippen LogP contribution in [0.25, 0.3) is 0 Å². The monoisotopic (exact) mass is 736 g/mol. The SMILES string of the molecule is CCCC[C@@H]1NC(=O)[C@H]2CCCN2C(=O)[C@H](C(C)C)NC(=O)[C@@H](Cc2ccc(COP(=O)(O)O)cc2)NC(=O)CNC(=O)[C@@H](CC(C)C)NC1=O. The summed E-state index contributed by atoms with van der Waals surface area (Å²) in [4.78, 5) is 101. The highest BCUT2D eigenvalue weighted by Gasteiger charge is 2.40. The first-order chi connectivity index (χ1) is 24.0. The van der Waals surface area contributed by atoms with Crippen LogP contribution >= 0.6 is 7.82 Å². The molecule has 0 radical (unpaired) electrons. The number of benzene rings is 1. The molecule has 284 valence electrons. The summed E-state index contributed by atoms with van der Waals surface area (Å²) in [5, 5.41) is 13.6. The second-order valence-electron chi connectivity index (χ2n) is 13.9. The lowest BCUT2D eigenvalue weighted by molar-refractivity contribution is -0.143. The number of nitrogens with one attached hydrogen (secondary N) is 5. The number of nitrogens with zero attached hydrogens (tertiary/aromatic N) is 1. The Hall–Kier alpha value is -3.85. The Morgan fingerprint density at radius 3 is 2.08 bits per heavy atom. The maximum atomic E-state index is 14.0. The summed E-state index contributed by atoms with van der Waals surface area (Å²) in [6.45, 7) is 8.62. The van der Waals surface area contributed by atoms with Crippen LogP contribution in [0.3, 0.4) is 0 Å². The van der Waals surface area contributed by atoms with Gasteiger partial charge in [0.2, 0.25) is 35.4 Å². The number of hydrogen-bond donors (Lipinski definition) is 7. The van der Waals surface area contributed by atoms with Gasteiger partial charge in [-0.15, -0.1) is 0 Å². The predicted octanol–water partition coefficient (Wildman–Crippen LogP) is 0.791. The Balaban J connectivity index is 1.96. The largest absolute Gasteiger partial charge is 0.469 e. The first kappa shape index (κ1) is 41.6. The van der Waals surface area contributed by atoms with Crippen LogP contribution in [0.1, 0.15) is 84.3 Å². The standard InChI is InChI=1S/C34H53N6O10P/c1-6-7-9-24-31(43)38-25(16-20(2)3)30(42)35-18-28(41)36-26(17-22-11-13-23(14-12-22)19-50-51(47,48)49)32(44)39-29(21(4)5)34(46)40-15-8-10-27(40)33(45)37-24/h11-14,20-21,24-27,29H,6-10,15-19H2,1-5H3,(H,35,42)(H,36,41)(H,37,45)(H,38,43)(H,39,44)(H2,47,48,49)/t24-,25+,26+,27+,29-/m0/s1. The van der Waals surface area contributed by atoms with Gasteiger partial charge >= 0.3 is 7.82 Å². The van der Waals surface area contributed by atoms with Gasteiger partial charge in [0.05, 0.1) is 13.2 Å². The fourth-order valence-corrected chi connectivity index (χ4v) is 6.40. The zero-order chi connectivity index (χ0) is 37.9. The van der Waals surface area contributed by atoms with Crippen LogP contribution in [0, 0.1) is 11.8 Å². The normalized spacial score (nSPS) is 24.6. The van der Waals surface area contributed by atoms with Gasteiger partial charge in [0, 0.05) is 13.0 Å². The molecule has 2 aliphatic heterocycles. The number of carbonyl (C=O) groups is 6. The van der Waals surface area contributed by atoms with Crippen LogP contribution in [0.4, 0.5) is 0 Å². The lowest BCUT2D eigenvalue weighted by Crippen LogP contribution is -2.61. The molecule has 0 unspecified atom stereocenters. The van der Waals surface area contributed by atoms with Crippen LogP contribution in [-0.4, -0.2) is 93.4 Å². The van der Waals surface area contributed by atoms with Gasteiger partial charge in [-0.25, -0.2) is 4.57 Å². The molecule has 16 nitrogen and oxygen atoms in total. The molecule has 2 heterocycles. The summed E-state index contributed by atoms with van der Waals surface area (Å²) in [7, 11) is -4.68. The van der Waals surface area contributed by atoms with Crippen molar-refractivity contribution in [2.45, 2.75) is 116 Å². The van der Waals surface area contributed by atoms with E-state index in [1.54, 1.807) is 38.1 Å². The van der Waals surface area contributed by atoms with Crippen LogP contribution in [0.2, 0.25) is 0 Å². The van der Waals surface area contributed by atoms with Crippen molar-refractivity contribution in [3.05, 3.63) is 35.4 Å². The Bertz CT molecular complexity index is 1450. The van der Waals surface area contributed by atoms with E-state index in [1.165, 1.54) is 4.90 Å². The van der Waals surface area contributed by atoms with E-state index in [0.29, 0.717) is 36.8 Å². The molecule has 0 saturated carbocycles. The van der Waals surface area contributed by atoms with Crippen LogP contribution < -0.4 is 26.6 Å². The summed E-state index contributed by atoms with van der Waals surface area (Å²) < 4.78 is 15.6. The molecule has 1 aromatic rings. The minimum Gasteiger partial charge on any atom is -0.345 e. The van der Waals surface area contributed by atoms with Crippen molar-refractivity contribution in [2.75, 3.05) is 13.1 Å². The smallest absolute Gasteiger partial charge is 0.345 e. The first-order valence-corrected chi connectivity index (χ1v) is 19.1. The molecule has 51 heavy (non-hydrogen) atoms. The van der Waals surface area contributed by atoms with Crippen LogP contribution in [0.5, 0.6) is 0 Å². The van der Waals surface area contributed by atoms with Gasteiger partial charge in [-0.05, 0) is 48.6 Å². The predicted molar refractivity (Wildman–Crippen MR) is 186 cm³/mol. The van der Waals surface area contributed by atoms with Gasteiger partial charge in [-0.2, -0.15) is 0 Å². The van der Waals surface area contributed by atoms with Gasteiger partial charge < -0.3 is 41.3 Å². The third kappa shape index (κ3) is 13.0. The van der Waals surface area contributed by atoms with Crippen molar-refractivity contribution in [1.82, 2.24) is 31.5 Å². The summed E-state index contributed by atoms with van der Waals surface area (Å²) >= 11 is 0. The summed E-state index contributed by atoms with van der Waals surface area (Å²) in [6.07, 6.45) is 2.84. The van der Waals surface area contributed by atoms with E-state index in [2.05, 4.69) is 31.1 Å². The van der Waals surface area contributed by atoms with Crippen molar-refractivity contribution in [3.8, 4) is 0 Å². The highest BCUT2D eigenvalue weighted by molar-refractivity contribution is 7.46. The third-order valence-electron chi connectivity index (χ3n) is 8.83. The first-order valence-electron chi connectivity index (χ1n) is 17.6. The molecular formula is C34H53N6O10P.